The molecule has 0 spiro atoms. The monoisotopic (exact) mass is 197 g/mol. The highest BCUT2D eigenvalue weighted by Crippen LogP contribution is 2.18. The van der Waals surface area contributed by atoms with E-state index in [-0.39, 0.29) is 5.41 Å². The molecule has 0 radical (unpaired) electrons. The molecule has 0 amide bonds. The van der Waals surface area contributed by atoms with Crippen LogP contribution in [-0.2, 0) is 11.2 Å². The third-order valence-electron chi connectivity index (χ3n) is 1.89. The molecular weight excluding hydrogens is 182 g/mol. The van der Waals surface area contributed by atoms with Gasteiger partial charge in [0.25, 0.3) is 0 Å². The van der Waals surface area contributed by atoms with E-state index in [1.54, 1.807) is 17.5 Å². The van der Waals surface area contributed by atoms with Gasteiger partial charge in [0, 0.05) is 29.8 Å². The van der Waals surface area contributed by atoms with Crippen LogP contribution in [0.25, 0.3) is 0 Å². The average Bonchev–Trinajstić information content (AvgIpc) is 2.50. The van der Waals surface area contributed by atoms with Gasteiger partial charge in [-0.2, -0.15) is 0 Å². The quantitative estimate of drug-likeness (QED) is 0.745. The van der Waals surface area contributed by atoms with Crippen molar-refractivity contribution in [2.75, 3.05) is 0 Å². The number of hydrogen-bond acceptors (Lipinski definition) is 3. The molecule has 3 heteroatoms. The summed E-state index contributed by atoms with van der Waals surface area (Å²) in [5, 5.41) is 2.99. The largest absolute Gasteiger partial charge is 0.299 e. The summed E-state index contributed by atoms with van der Waals surface area (Å²) in [5.41, 5.74) is -0.211. The smallest absolute Gasteiger partial charge is 0.138 e. The van der Waals surface area contributed by atoms with Crippen molar-refractivity contribution in [3.05, 3.63) is 16.6 Å². The molecule has 0 aliphatic rings. The number of Topliss-reactive ketones (excluding diaryl/α,β-unsaturated/α-hetero) is 1. The van der Waals surface area contributed by atoms with Gasteiger partial charge < -0.3 is 0 Å². The molecule has 2 nitrogen and oxygen atoms in total. The molecule has 0 aliphatic carbocycles. The SMILES string of the molecule is CC(C)(C)C(=O)CCc1nccs1. The van der Waals surface area contributed by atoms with Gasteiger partial charge in [0.15, 0.2) is 0 Å². The first-order valence-electron chi connectivity index (χ1n) is 4.42. The predicted octanol–water partition coefficient (Wildman–Crippen LogP) is 2.69. The number of ketones is 1. The maximum absolute atomic E-state index is 11.5. The number of aryl methyl sites for hydroxylation is 1. The lowest BCUT2D eigenvalue weighted by molar-refractivity contribution is -0.126. The topological polar surface area (TPSA) is 30.0 Å². The first kappa shape index (κ1) is 10.4. The third-order valence-corrected chi connectivity index (χ3v) is 2.73. The first-order chi connectivity index (χ1) is 6.00. The summed E-state index contributed by atoms with van der Waals surface area (Å²) in [6.07, 6.45) is 3.17. The van der Waals surface area contributed by atoms with Crippen LogP contribution in [0.1, 0.15) is 32.2 Å². The van der Waals surface area contributed by atoms with Crippen LogP contribution in [0.4, 0.5) is 0 Å². The molecule has 13 heavy (non-hydrogen) atoms. The molecular formula is C10H15NOS. The number of nitrogens with zero attached hydrogens (tertiary/aromatic N) is 1. The lowest BCUT2D eigenvalue weighted by Crippen LogP contribution is -2.20. The van der Waals surface area contributed by atoms with Crippen molar-refractivity contribution in [2.45, 2.75) is 33.6 Å². The van der Waals surface area contributed by atoms with Crippen LogP contribution in [0, 0.1) is 5.41 Å². The zero-order chi connectivity index (χ0) is 9.90. The van der Waals surface area contributed by atoms with Gasteiger partial charge in [-0.1, -0.05) is 20.8 Å². The zero-order valence-electron chi connectivity index (χ0n) is 8.33. The highest BCUT2D eigenvalue weighted by Gasteiger charge is 2.20. The summed E-state index contributed by atoms with van der Waals surface area (Å²) < 4.78 is 0. The molecule has 1 heterocycles. The van der Waals surface area contributed by atoms with Gasteiger partial charge >= 0.3 is 0 Å². The maximum Gasteiger partial charge on any atom is 0.138 e. The van der Waals surface area contributed by atoms with Crippen LogP contribution in [-0.4, -0.2) is 10.8 Å². The first-order valence-corrected chi connectivity index (χ1v) is 5.30. The second-order valence-corrected chi connectivity index (χ2v) is 5.08. The normalized spacial score (nSPS) is 11.6. The molecule has 0 N–H and O–H groups in total. The van der Waals surface area contributed by atoms with E-state index in [4.69, 9.17) is 0 Å². The molecule has 0 saturated carbocycles. The Morgan fingerprint density at radius 1 is 1.54 bits per heavy atom. The number of hydrogen-bond donors (Lipinski definition) is 0. The van der Waals surface area contributed by atoms with Crippen molar-refractivity contribution in [2.24, 2.45) is 5.41 Å². The van der Waals surface area contributed by atoms with Crippen LogP contribution in [0.5, 0.6) is 0 Å². The van der Waals surface area contributed by atoms with E-state index in [1.807, 2.05) is 26.2 Å². The molecule has 0 saturated heterocycles. The molecule has 0 aromatic carbocycles. The highest BCUT2D eigenvalue weighted by atomic mass is 32.1. The Labute approximate surface area is 83.0 Å². The lowest BCUT2D eigenvalue weighted by Gasteiger charge is -2.15. The number of rotatable bonds is 3. The van der Waals surface area contributed by atoms with Gasteiger partial charge in [-0.3, -0.25) is 4.79 Å². The fourth-order valence-corrected chi connectivity index (χ4v) is 1.59. The Kier molecular flexibility index (Phi) is 3.20. The molecule has 1 aromatic heterocycles. The second-order valence-electron chi connectivity index (χ2n) is 4.10. The number of thiazole rings is 1. The number of aromatic nitrogens is 1. The predicted molar refractivity (Wildman–Crippen MR) is 54.9 cm³/mol. The Hall–Kier alpha value is -0.700. The summed E-state index contributed by atoms with van der Waals surface area (Å²) in [4.78, 5) is 15.7. The van der Waals surface area contributed by atoms with E-state index in [9.17, 15) is 4.79 Å². The van der Waals surface area contributed by atoms with Crippen molar-refractivity contribution in [3.63, 3.8) is 0 Å². The second kappa shape index (κ2) is 4.01. The molecule has 0 bridgehead atoms. The molecule has 0 fully saturated rings. The van der Waals surface area contributed by atoms with Crippen LogP contribution < -0.4 is 0 Å². The van der Waals surface area contributed by atoms with E-state index in [1.165, 1.54) is 0 Å². The summed E-state index contributed by atoms with van der Waals surface area (Å²) in [6, 6.07) is 0. The van der Waals surface area contributed by atoms with Gasteiger partial charge in [-0.25, -0.2) is 4.98 Å². The van der Waals surface area contributed by atoms with Crippen LogP contribution in [0.2, 0.25) is 0 Å². The minimum Gasteiger partial charge on any atom is -0.299 e. The molecule has 0 aliphatic heterocycles. The summed E-state index contributed by atoms with van der Waals surface area (Å²) in [7, 11) is 0. The zero-order valence-corrected chi connectivity index (χ0v) is 9.15. The van der Waals surface area contributed by atoms with E-state index in [0.29, 0.717) is 12.2 Å². The van der Waals surface area contributed by atoms with Crippen molar-refractivity contribution < 1.29 is 4.79 Å². The van der Waals surface area contributed by atoms with E-state index in [0.717, 1.165) is 11.4 Å². The summed E-state index contributed by atoms with van der Waals surface area (Å²) >= 11 is 1.61. The van der Waals surface area contributed by atoms with E-state index < -0.39 is 0 Å². The van der Waals surface area contributed by atoms with Crippen molar-refractivity contribution in [3.8, 4) is 0 Å². The Bertz CT molecular complexity index is 272. The lowest BCUT2D eigenvalue weighted by atomic mass is 9.88. The molecule has 1 rings (SSSR count). The molecule has 72 valence electrons. The van der Waals surface area contributed by atoms with Gasteiger partial charge in [-0.15, -0.1) is 11.3 Å². The molecule has 1 aromatic rings. The third kappa shape index (κ3) is 3.27. The minimum absolute atomic E-state index is 0.211. The maximum atomic E-state index is 11.5. The molecule has 0 unspecified atom stereocenters. The van der Waals surface area contributed by atoms with E-state index >= 15 is 0 Å². The molecule has 0 atom stereocenters. The van der Waals surface area contributed by atoms with Crippen molar-refractivity contribution in [1.82, 2.24) is 4.98 Å². The van der Waals surface area contributed by atoms with Gasteiger partial charge in [0.05, 0.1) is 5.01 Å². The van der Waals surface area contributed by atoms with Crippen LogP contribution in [0.3, 0.4) is 0 Å². The fourth-order valence-electron chi connectivity index (χ4n) is 0.972. The highest BCUT2D eigenvalue weighted by molar-refractivity contribution is 7.09. The Morgan fingerprint density at radius 3 is 2.69 bits per heavy atom. The van der Waals surface area contributed by atoms with Crippen molar-refractivity contribution in [1.29, 1.82) is 0 Å². The average molecular weight is 197 g/mol. The van der Waals surface area contributed by atoms with Gasteiger partial charge in [-0.05, 0) is 0 Å². The summed E-state index contributed by atoms with van der Waals surface area (Å²) in [5.74, 6) is 0.308. The van der Waals surface area contributed by atoms with E-state index in [2.05, 4.69) is 4.98 Å². The number of carbonyl (C=O) groups excluding carboxylic acids is 1. The van der Waals surface area contributed by atoms with Crippen molar-refractivity contribution >= 4 is 17.1 Å². The Morgan fingerprint density at radius 2 is 2.23 bits per heavy atom. The fraction of sp³-hybridized carbons (Fsp3) is 0.600. The Balaban J connectivity index is 2.40. The van der Waals surface area contributed by atoms with Crippen LogP contribution >= 0.6 is 11.3 Å². The summed E-state index contributed by atoms with van der Waals surface area (Å²) in [6.45, 7) is 5.87. The number of carbonyl (C=O) groups is 1. The standard InChI is InChI=1S/C10H15NOS/c1-10(2,3)8(12)4-5-9-11-6-7-13-9/h6-7H,4-5H2,1-3H3. The minimum atomic E-state index is -0.211. The van der Waals surface area contributed by atoms with Crippen LogP contribution in [0.15, 0.2) is 11.6 Å². The van der Waals surface area contributed by atoms with Gasteiger partial charge in [0.2, 0.25) is 0 Å². The van der Waals surface area contributed by atoms with Gasteiger partial charge in [0.1, 0.15) is 5.78 Å².